The molecule has 0 spiro atoms. The van der Waals surface area contributed by atoms with Gasteiger partial charge in [-0.3, -0.25) is 0 Å². The van der Waals surface area contributed by atoms with Crippen LogP contribution in [0, 0.1) is 6.92 Å². The molecule has 0 nitrogen and oxygen atoms in total. The molecule has 13 heavy (non-hydrogen) atoms. The lowest BCUT2D eigenvalue weighted by molar-refractivity contribution is 0.784. The molecule has 0 saturated carbocycles. The number of thioether (sulfide) groups is 1. The predicted octanol–water partition coefficient (Wildman–Crippen LogP) is 4.25. The maximum atomic E-state index is 5.97. The first-order valence-corrected chi connectivity index (χ1v) is 5.89. The number of hydrogen-bond acceptors (Lipinski definition) is 1. The summed E-state index contributed by atoms with van der Waals surface area (Å²) in [7, 11) is 0. The van der Waals surface area contributed by atoms with Crippen LogP contribution in [0.4, 0.5) is 0 Å². The van der Waals surface area contributed by atoms with Crippen LogP contribution in [-0.4, -0.2) is 6.26 Å². The summed E-state index contributed by atoms with van der Waals surface area (Å²) in [6.45, 7) is 6.49. The second kappa shape index (κ2) is 3.93. The fourth-order valence-electron chi connectivity index (χ4n) is 1.14. The highest BCUT2D eigenvalue weighted by Gasteiger charge is 2.18. The van der Waals surface area contributed by atoms with Gasteiger partial charge in [0.05, 0.1) is 0 Å². The zero-order valence-corrected chi connectivity index (χ0v) is 10.1. The minimum absolute atomic E-state index is 0.176. The second-order valence-electron chi connectivity index (χ2n) is 3.68. The molecule has 72 valence electrons. The maximum Gasteiger partial charge on any atom is 0.0435 e. The number of halogens is 1. The van der Waals surface area contributed by atoms with E-state index in [-0.39, 0.29) is 4.75 Å². The molecule has 0 aromatic heterocycles. The van der Waals surface area contributed by atoms with Crippen LogP contribution in [0.1, 0.15) is 25.0 Å². The second-order valence-corrected chi connectivity index (χ2v) is 5.51. The Morgan fingerprint density at radius 2 is 1.92 bits per heavy atom. The summed E-state index contributed by atoms with van der Waals surface area (Å²) < 4.78 is 0.176. The lowest BCUT2D eigenvalue weighted by atomic mass is 10.0. The van der Waals surface area contributed by atoms with Crippen LogP contribution in [-0.2, 0) is 4.75 Å². The molecule has 0 amide bonds. The van der Waals surface area contributed by atoms with Crippen molar-refractivity contribution in [2.24, 2.45) is 0 Å². The first kappa shape index (κ1) is 10.9. The molecule has 0 N–H and O–H groups in total. The summed E-state index contributed by atoms with van der Waals surface area (Å²) >= 11 is 7.82. The quantitative estimate of drug-likeness (QED) is 0.710. The Kier molecular flexibility index (Phi) is 3.31. The summed E-state index contributed by atoms with van der Waals surface area (Å²) in [6.07, 6.45) is 2.13. The van der Waals surface area contributed by atoms with Gasteiger partial charge in [0.25, 0.3) is 0 Å². The summed E-state index contributed by atoms with van der Waals surface area (Å²) in [5.74, 6) is 0. The predicted molar refractivity (Wildman–Crippen MR) is 62.7 cm³/mol. The monoisotopic (exact) mass is 214 g/mol. The molecule has 1 rings (SSSR count). The lowest BCUT2D eigenvalue weighted by Gasteiger charge is -2.23. The maximum absolute atomic E-state index is 5.97. The third-order valence-electron chi connectivity index (χ3n) is 2.36. The molecule has 0 aliphatic carbocycles. The van der Waals surface area contributed by atoms with Gasteiger partial charge in [0.2, 0.25) is 0 Å². The van der Waals surface area contributed by atoms with E-state index in [2.05, 4.69) is 32.2 Å². The van der Waals surface area contributed by atoms with Crippen LogP contribution in [0.3, 0.4) is 0 Å². The van der Waals surface area contributed by atoms with E-state index >= 15 is 0 Å². The SMILES string of the molecule is CSC(C)(C)c1ccc(Cl)c(C)c1. The van der Waals surface area contributed by atoms with Gasteiger partial charge < -0.3 is 0 Å². The van der Waals surface area contributed by atoms with Crippen LogP contribution in [0.15, 0.2) is 18.2 Å². The van der Waals surface area contributed by atoms with Gasteiger partial charge in [0.1, 0.15) is 0 Å². The molecule has 0 saturated heterocycles. The number of rotatable bonds is 2. The fourth-order valence-corrected chi connectivity index (χ4v) is 1.62. The molecule has 0 heterocycles. The van der Waals surface area contributed by atoms with Gasteiger partial charge in [-0.25, -0.2) is 0 Å². The molecule has 0 fully saturated rings. The third-order valence-corrected chi connectivity index (χ3v) is 4.04. The van der Waals surface area contributed by atoms with E-state index in [1.54, 1.807) is 0 Å². The molecule has 0 atom stereocenters. The van der Waals surface area contributed by atoms with Gasteiger partial charge in [0.15, 0.2) is 0 Å². The largest absolute Gasteiger partial charge is 0.154 e. The van der Waals surface area contributed by atoms with Crippen molar-refractivity contribution in [3.63, 3.8) is 0 Å². The van der Waals surface area contributed by atoms with Gasteiger partial charge in [-0.1, -0.05) is 23.7 Å². The summed E-state index contributed by atoms with van der Waals surface area (Å²) in [6, 6.07) is 6.24. The molecule has 1 aromatic rings. The highest BCUT2D eigenvalue weighted by molar-refractivity contribution is 7.99. The van der Waals surface area contributed by atoms with Crippen molar-refractivity contribution in [1.82, 2.24) is 0 Å². The Morgan fingerprint density at radius 3 is 2.38 bits per heavy atom. The Morgan fingerprint density at radius 1 is 1.31 bits per heavy atom. The topological polar surface area (TPSA) is 0 Å². The van der Waals surface area contributed by atoms with Crippen molar-refractivity contribution in [3.05, 3.63) is 34.3 Å². The van der Waals surface area contributed by atoms with Crippen LogP contribution < -0.4 is 0 Å². The molecular weight excluding hydrogens is 200 g/mol. The van der Waals surface area contributed by atoms with Crippen molar-refractivity contribution < 1.29 is 0 Å². The first-order valence-electron chi connectivity index (χ1n) is 4.29. The average Bonchev–Trinajstić information content (AvgIpc) is 2.09. The molecule has 0 aliphatic rings. The Hall–Kier alpha value is -0.140. The average molecular weight is 215 g/mol. The van der Waals surface area contributed by atoms with Crippen molar-refractivity contribution in [3.8, 4) is 0 Å². The highest BCUT2D eigenvalue weighted by atomic mass is 35.5. The normalized spacial score (nSPS) is 11.8. The molecule has 0 unspecified atom stereocenters. The Bertz CT molecular complexity index is 305. The standard InChI is InChI=1S/C11H15ClS/c1-8-7-9(5-6-10(8)12)11(2,3)13-4/h5-7H,1-4H3. The molecule has 0 radical (unpaired) electrons. The van der Waals surface area contributed by atoms with Crippen LogP contribution in [0.5, 0.6) is 0 Å². The molecule has 1 aromatic carbocycles. The smallest absolute Gasteiger partial charge is 0.0435 e. The van der Waals surface area contributed by atoms with Gasteiger partial charge in [-0.05, 0) is 44.2 Å². The van der Waals surface area contributed by atoms with E-state index < -0.39 is 0 Å². The highest BCUT2D eigenvalue weighted by Crippen LogP contribution is 2.34. The minimum Gasteiger partial charge on any atom is -0.154 e. The van der Waals surface area contributed by atoms with E-state index in [4.69, 9.17) is 11.6 Å². The fraction of sp³-hybridized carbons (Fsp3) is 0.455. The third kappa shape index (κ3) is 2.41. The number of hydrogen-bond donors (Lipinski definition) is 0. The van der Waals surface area contributed by atoms with Crippen LogP contribution >= 0.6 is 23.4 Å². The van der Waals surface area contributed by atoms with Crippen molar-refractivity contribution in [2.75, 3.05) is 6.26 Å². The minimum atomic E-state index is 0.176. The van der Waals surface area contributed by atoms with Gasteiger partial charge in [-0.15, -0.1) is 0 Å². The molecular formula is C11H15ClS. The van der Waals surface area contributed by atoms with Crippen molar-refractivity contribution in [2.45, 2.75) is 25.5 Å². The Balaban J connectivity index is 3.10. The van der Waals surface area contributed by atoms with Crippen molar-refractivity contribution >= 4 is 23.4 Å². The molecule has 0 bridgehead atoms. The van der Waals surface area contributed by atoms with Gasteiger partial charge >= 0.3 is 0 Å². The zero-order valence-electron chi connectivity index (χ0n) is 8.52. The number of aryl methyl sites for hydroxylation is 1. The van der Waals surface area contributed by atoms with E-state index in [1.807, 2.05) is 24.8 Å². The summed E-state index contributed by atoms with van der Waals surface area (Å²) in [4.78, 5) is 0. The summed E-state index contributed by atoms with van der Waals surface area (Å²) in [5.41, 5.74) is 2.49. The van der Waals surface area contributed by atoms with E-state index in [9.17, 15) is 0 Å². The van der Waals surface area contributed by atoms with Gasteiger partial charge in [0, 0.05) is 9.77 Å². The first-order chi connectivity index (χ1) is 5.97. The summed E-state index contributed by atoms with van der Waals surface area (Å²) in [5, 5.41) is 0.848. The van der Waals surface area contributed by atoms with Crippen LogP contribution in [0.2, 0.25) is 5.02 Å². The van der Waals surface area contributed by atoms with Crippen LogP contribution in [0.25, 0.3) is 0 Å². The zero-order chi connectivity index (χ0) is 10.1. The molecule has 2 heteroatoms. The lowest BCUT2D eigenvalue weighted by Crippen LogP contribution is -2.11. The number of benzene rings is 1. The van der Waals surface area contributed by atoms with Gasteiger partial charge in [-0.2, -0.15) is 11.8 Å². The van der Waals surface area contributed by atoms with E-state index in [0.717, 1.165) is 10.6 Å². The Labute approximate surface area is 89.7 Å². The molecule has 0 aliphatic heterocycles. The van der Waals surface area contributed by atoms with E-state index in [1.165, 1.54) is 5.56 Å². The van der Waals surface area contributed by atoms with Crippen molar-refractivity contribution in [1.29, 1.82) is 0 Å². The van der Waals surface area contributed by atoms with E-state index in [0.29, 0.717) is 0 Å².